The van der Waals surface area contributed by atoms with Crippen LogP contribution in [0.25, 0.3) is 0 Å². The van der Waals surface area contributed by atoms with Gasteiger partial charge in [-0.2, -0.15) is 0 Å². The summed E-state index contributed by atoms with van der Waals surface area (Å²) in [5, 5.41) is 3.53. The van der Waals surface area contributed by atoms with Crippen LogP contribution < -0.4 is 10.1 Å². The highest BCUT2D eigenvalue weighted by Crippen LogP contribution is 2.32. The molecule has 3 rings (SSSR count). The van der Waals surface area contributed by atoms with Crippen LogP contribution in [0, 0.1) is 0 Å². The van der Waals surface area contributed by atoms with Crippen LogP contribution in [0.15, 0.2) is 60.8 Å². The van der Waals surface area contributed by atoms with Gasteiger partial charge in [0.25, 0.3) is 5.91 Å². The first-order valence-corrected chi connectivity index (χ1v) is 8.31. The number of aromatic nitrogens is 1. The van der Waals surface area contributed by atoms with Gasteiger partial charge in [-0.3, -0.25) is 4.79 Å². The number of para-hydroxylation sites is 1. The van der Waals surface area contributed by atoms with Crippen molar-refractivity contribution in [2.75, 3.05) is 5.32 Å². The Bertz CT molecular complexity index is 917. The van der Waals surface area contributed by atoms with E-state index < -0.39 is 5.91 Å². The third-order valence-corrected chi connectivity index (χ3v) is 4.14. The monoisotopic (exact) mass is 392 g/mol. The Morgan fingerprint density at radius 1 is 1.00 bits per heavy atom. The van der Waals surface area contributed by atoms with Crippen molar-refractivity contribution in [1.82, 2.24) is 4.98 Å². The summed E-state index contributed by atoms with van der Waals surface area (Å²) < 4.78 is 5.81. The van der Waals surface area contributed by atoms with E-state index in [1.54, 1.807) is 18.2 Å². The molecule has 0 radical (unpaired) electrons. The van der Waals surface area contributed by atoms with Crippen molar-refractivity contribution >= 4 is 46.4 Å². The van der Waals surface area contributed by atoms with Gasteiger partial charge in [0.05, 0.1) is 16.3 Å². The lowest BCUT2D eigenvalue weighted by molar-refractivity contribution is 0.102. The van der Waals surface area contributed by atoms with Gasteiger partial charge in [-0.1, -0.05) is 53.0 Å². The maximum atomic E-state index is 12.4. The maximum absolute atomic E-state index is 12.4. The molecular formula is C18H11Cl3N2O2. The topological polar surface area (TPSA) is 51.2 Å². The molecule has 0 atom stereocenters. The Balaban J connectivity index is 1.87. The van der Waals surface area contributed by atoms with E-state index in [1.165, 1.54) is 12.3 Å². The van der Waals surface area contributed by atoms with Gasteiger partial charge in [0, 0.05) is 11.2 Å². The number of hydrogen-bond donors (Lipinski definition) is 1. The molecule has 7 heteroatoms. The minimum Gasteiger partial charge on any atom is -0.455 e. The van der Waals surface area contributed by atoms with Gasteiger partial charge >= 0.3 is 0 Å². The second-order valence-electron chi connectivity index (χ2n) is 5.01. The largest absolute Gasteiger partial charge is 0.455 e. The molecule has 126 valence electrons. The predicted molar refractivity (Wildman–Crippen MR) is 100 cm³/mol. The second-order valence-corrected chi connectivity index (χ2v) is 6.21. The number of hydrogen-bond acceptors (Lipinski definition) is 3. The number of carbonyl (C=O) groups is 1. The van der Waals surface area contributed by atoms with Crippen molar-refractivity contribution in [2.45, 2.75) is 0 Å². The summed E-state index contributed by atoms with van der Waals surface area (Å²) in [4.78, 5) is 16.3. The number of pyridine rings is 1. The van der Waals surface area contributed by atoms with E-state index in [2.05, 4.69) is 10.3 Å². The van der Waals surface area contributed by atoms with E-state index in [0.29, 0.717) is 22.2 Å². The number of nitrogens with zero attached hydrogens (tertiary/aromatic N) is 1. The fraction of sp³-hybridized carbons (Fsp3) is 0. The normalized spacial score (nSPS) is 10.4. The van der Waals surface area contributed by atoms with Crippen molar-refractivity contribution in [2.24, 2.45) is 0 Å². The number of ether oxygens (including phenoxy) is 1. The third-order valence-electron chi connectivity index (χ3n) is 3.22. The lowest BCUT2D eigenvalue weighted by Gasteiger charge is -2.13. The first kappa shape index (κ1) is 17.5. The number of nitrogens with one attached hydrogen (secondary N) is 1. The lowest BCUT2D eigenvalue weighted by Crippen LogP contribution is -2.13. The zero-order valence-electron chi connectivity index (χ0n) is 12.7. The number of amides is 1. The molecular weight excluding hydrogens is 383 g/mol. The average molecular weight is 394 g/mol. The van der Waals surface area contributed by atoms with E-state index >= 15 is 0 Å². The van der Waals surface area contributed by atoms with Crippen LogP contribution in [0.4, 0.5) is 5.69 Å². The van der Waals surface area contributed by atoms with Gasteiger partial charge in [0.1, 0.15) is 10.9 Å². The number of anilines is 1. The molecule has 0 saturated heterocycles. The lowest BCUT2D eigenvalue weighted by atomic mass is 10.2. The summed E-state index contributed by atoms with van der Waals surface area (Å²) >= 11 is 17.7. The zero-order valence-corrected chi connectivity index (χ0v) is 14.9. The molecule has 0 fully saturated rings. The number of benzene rings is 2. The summed E-state index contributed by atoms with van der Waals surface area (Å²) in [5.74, 6) is 0.680. The highest BCUT2D eigenvalue weighted by atomic mass is 35.5. The molecule has 1 N–H and O–H groups in total. The van der Waals surface area contributed by atoms with Crippen LogP contribution >= 0.6 is 34.8 Å². The van der Waals surface area contributed by atoms with Crippen LogP contribution in [0.2, 0.25) is 15.2 Å². The molecule has 3 aromatic rings. The Morgan fingerprint density at radius 3 is 2.48 bits per heavy atom. The van der Waals surface area contributed by atoms with Crippen molar-refractivity contribution in [3.63, 3.8) is 0 Å². The van der Waals surface area contributed by atoms with Crippen LogP contribution in [0.3, 0.4) is 0 Å². The minimum absolute atomic E-state index is 0.133. The molecule has 2 aromatic carbocycles. The molecule has 0 bridgehead atoms. The van der Waals surface area contributed by atoms with Crippen molar-refractivity contribution in [1.29, 1.82) is 0 Å². The van der Waals surface area contributed by atoms with Crippen molar-refractivity contribution < 1.29 is 9.53 Å². The molecule has 0 aliphatic carbocycles. The fourth-order valence-electron chi connectivity index (χ4n) is 2.04. The molecule has 0 spiro atoms. The fourth-order valence-corrected chi connectivity index (χ4v) is 2.49. The van der Waals surface area contributed by atoms with Gasteiger partial charge in [-0.25, -0.2) is 4.98 Å². The summed E-state index contributed by atoms with van der Waals surface area (Å²) in [5.41, 5.74) is 0.687. The van der Waals surface area contributed by atoms with Gasteiger partial charge in [0.15, 0.2) is 5.75 Å². The SMILES string of the molecule is O=C(Nc1cc(Cl)ccc1Oc1ccccc1)c1cnc(Cl)c(Cl)c1. The Hall–Kier alpha value is -2.27. The van der Waals surface area contributed by atoms with E-state index in [1.807, 2.05) is 30.3 Å². The standard InChI is InChI=1S/C18H11Cl3N2O2/c19-12-6-7-16(25-13-4-2-1-3-5-13)15(9-12)23-18(24)11-8-14(20)17(21)22-10-11/h1-10H,(H,23,24). The van der Waals surface area contributed by atoms with Crippen LogP contribution in [0.5, 0.6) is 11.5 Å². The summed E-state index contributed by atoms with van der Waals surface area (Å²) in [6, 6.07) is 15.6. The highest BCUT2D eigenvalue weighted by molar-refractivity contribution is 6.41. The first-order valence-electron chi connectivity index (χ1n) is 7.18. The van der Waals surface area contributed by atoms with Crippen LogP contribution in [-0.2, 0) is 0 Å². The van der Waals surface area contributed by atoms with Crippen LogP contribution in [0.1, 0.15) is 10.4 Å². The van der Waals surface area contributed by atoms with Crippen molar-refractivity contribution in [3.8, 4) is 11.5 Å². The summed E-state index contributed by atoms with van der Waals surface area (Å²) in [6.07, 6.45) is 1.34. The Labute approximate surface area is 159 Å². The van der Waals surface area contributed by atoms with E-state index in [0.717, 1.165) is 0 Å². The van der Waals surface area contributed by atoms with E-state index in [9.17, 15) is 4.79 Å². The van der Waals surface area contributed by atoms with Gasteiger partial charge in [-0.05, 0) is 36.4 Å². The van der Waals surface area contributed by atoms with E-state index in [4.69, 9.17) is 39.5 Å². The van der Waals surface area contributed by atoms with E-state index in [-0.39, 0.29) is 15.7 Å². The van der Waals surface area contributed by atoms with Crippen molar-refractivity contribution in [3.05, 3.63) is 81.6 Å². The molecule has 0 aliphatic heterocycles. The summed E-state index contributed by atoms with van der Waals surface area (Å²) in [6.45, 7) is 0. The number of halogens is 3. The minimum atomic E-state index is -0.411. The summed E-state index contributed by atoms with van der Waals surface area (Å²) in [7, 11) is 0. The molecule has 1 amide bonds. The predicted octanol–water partition coefficient (Wildman–Crippen LogP) is 6.09. The molecule has 4 nitrogen and oxygen atoms in total. The molecule has 1 aromatic heterocycles. The average Bonchev–Trinajstić information content (AvgIpc) is 2.60. The highest BCUT2D eigenvalue weighted by Gasteiger charge is 2.13. The van der Waals surface area contributed by atoms with Crippen LogP contribution in [-0.4, -0.2) is 10.9 Å². The van der Waals surface area contributed by atoms with Gasteiger partial charge < -0.3 is 10.1 Å². The smallest absolute Gasteiger partial charge is 0.257 e. The number of carbonyl (C=O) groups excluding carboxylic acids is 1. The molecule has 0 unspecified atom stereocenters. The second kappa shape index (κ2) is 7.74. The zero-order chi connectivity index (χ0) is 17.8. The molecule has 25 heavy (non-hydrogen) atoms. The first-order chi connectivity index (χ1) is 12.0. The molecule has 1 heterocycles. The number of rotatable bonds is 4. The molecule has 0 saturated carbocycles. The maximum Gasteiger partial charge on any atom is 0.257 e. The van der Waals surface area contributed by atoms with Gasteiger partial charge in [-0.15, -0.1) is 0 Å². The Morgan fingerprint density at radius 2 is 1.76 bits per heavy atom. The molecule has 0 aliphatic rings. The quantitative estimate of drug-likeness (QED) is 0.546. The van der Waals surface area contributed by atoms with Gasteiger partial charge in [0.2, 0.25) is 0 Å². The third kappa shape index (κ3) is 4.42. The Kier molecular flexibility index (Phi) is 5.43.